The number of aliphatic carboxylic acids is 1. The molecule has 0 aliphatic heterocycles. The van der Waals surface area contributed by atoms with Gasteiger partial charge in [0.15, 0.2) is 0 Å². The van der Waals surface area contributed by atoms with Crippen LogP contribution in [-0.2, 0) is 10.2 Å². The molecular formula is C13H14ClFO3. The van der Waals surface area contributed by atoms with E-state index in [0.29, 0.717) is 24.2 Å². The third-order valence-electron chi connectivity index (χ3n) is 3.66. The van der Waals surface area contributed by atoms with E-state index in [1.807, 2.05) is 0 Å². The van der Waals surface area contributed by atoms with Crippen molar-refractivity contribution in [1.29, 1.82) is 0 Å². The Morgan fingerprint density at radius 3 is 2.56 bits per heavy atom. The molecule has 1 aromatic carbocycles. The van der Waals surface area contributed by atoms with Gasteiger partial charge >= 0.3 is 5.97 Å². The van der Waals surface area contributed by atoms with Crippen molar-refractivity contribution >= 4 is 17.6 Å². The highest BCUT2D eigenvalue weighted by molar-refractivity contribution is 6.31. The smallest absolute Gasteiger partial charge is 0.314 e. The molecule has 1 aromatic rings. The first kappa shape index (κ1) is 13.1. The molecule has 0 heterocycles. The van der Waals surface area contributed by atoms with Crippen molar-refractivity contribution in [1.82, 2.24) is 0 Å². The summed E-state index contributed by atoms with van der Waals surface area (Å²) in [5, 5.41) is 9.34. The average Bonchev–Trinajstić information content (AvgIpc) is 2.23. The van der Waals surface area contributed by atoms with Gasteiger partial charge in [-0.15, -0.1) is 0 Å². The molecule has 0 bridgehead atoms. The van der Waals surface area contributed by atoms with E-state index in [4.69, 9.17) is 16.3 Å². The minimum Gasteiger partial charge on any atom is -0.496 e. The van der Waals surface area contributed by atoms with Crippen LogP contribution in [0.5, 0.6) is 5.75 Å². The lowest BCUT2D eigenvalue weighted by molar-refractivity contribution is -0.147. The molecule has 1 saturated carbocycles. The minimum atomic E-state index is -1.19. The summed E-state index contributed by atoms with van der Waals surface area (Å²) in [6, 6.07) is 1.45. The first-order valence-electron chi connectivity index (χ1n) is 5.70. The number of hydrogen-bond acceptors (Lipinski definition) is 2. The Labute approximate surface area is 110 Å². The fraction of sp³-hybridized carbons (Fsp3) is 0.462. The van der Waals surface area contributed by atoms with E-state index >= 15 is 0 Å². The summed E-state index contributed by atoms with van der Waals surface area (Å²) in [5.74, 6) is -1.41. The van der Waals surface area contributed by atoms with Gasteiger partial charge in [-0.3, -0.25) is 4.79 Å². The van der Waals surface area contributed by atoms with Gasteiger partial charge < -0.3 is 9.84 Å². The van der Waals surface area contributed by atoms with Crippen LogP contribution in [0.25, 0.3) is 0 Å². The van der Waals surface area contributed by atoms with E-state index in [1.54, 1.807) is 6.92 Å². The summed E-state index contributed by atoms with van der Waals surface area (Å²) >= 11 is 5.82. The fourth-order valence-corrected chi connectivity index (χ4v) is 2.78. The number of aryl methyl sites for hydroxylation is 1. The topological polar surface area (TPSA) is 46.5 Å². The molecule has 1 aliphatic carbocycles. The lowest BCUT2D eigenvalue weighted by Crippen LogP contribution is -2.43. The zero-order valence-electron chi connectivity index (χ0n) is 10.2. The molecule has 0 radical (unpaired) electrons. The summed E-state index contributed by atoms with van der Waals surface area (Å²) in [5.41, 5.74) is -0.453. The van der Waals surface area contributed by atoms with Gasteiger partial charge in [-0.25, -0.2) is 4.39 Å². The van der Waals surface area contributed by atoms with Crippen LogP contribution in [-0.4, -0.2) is 18.2 Å². The molecule has 1 aliphatic rings. The SMILES string of the molecule is COc1c(C)cc(Cl)c(F)c1C1(C(=O)O)CCC1. The molecule has 0 unspecified atom stereocenters. The Kier molecular flexibility index (Phi) is 3.23. The number of carboxylic acids is 1. The monoisotopic (exact) mass is 272 g/mol. The highest BCUT2D eigenvalue weighted by atomic mass is 35.5. The Balaban J connectivity index is 2.72. The number of carboxylic acid groups (broad SMARTS) is 1. The Morgan fingerprint density at radius 2 is 2.17 bits per heavy atom. The van der Waals surface area contributed by atoms with E-state index in [0.717, 1.165) is 6.42 Å². The zero-order chi connectivity index (χ0) is 13.5. The predicted molar refractivity (Wildman–Crippen MR) is 65.9 cm³/mol. The van der Waals surface area contributed by atoms with Crippen LogP contribution in [0.15, 0.2) is 6.07 Å². The van der Waals surface area contributed by atoms with Crippen molar-refractivity contribution in [3.63, 3.8) is 0 Å². The van der Waals surface area contributed by atoms with Crippen molar-refractivity contribution in [3.05, 3.63) is 28.0 Å². The van der Waals surface area contributed by atoms with Crippen LogP contribution in [0.1, 0.15) is 30.4 Å². The molecule has 0 aromatic heterocycles. The van der Waals surface area contributed by atoms with E-state index in [9.17, 15) is 14.3 Å². The Hall–Kier alpha value is -1.29. The number of hydrogen-bond donors (Lipinski definition) is 1. The molecule has 0 saturated heterocycles. The second-order valence-electron chi connectivity index (χ2n) is 4.64. The van der Waals surface area contributed by atoms with Crippen LogP contribution in [0, 0.1) is 12.7 Å². The average molecular weight is 273 g/mol. The van der Waals surface area contributed by atoms with Crippen molar-refractivity contribution in [2.45, 2.75) is 31.6 Å². The normalized spacial score (nSPS) is 17.1. The van der Waals surface area contributed by atoms with Crippen molar-refractivity contribution in [2.75, 3.05) is 7.11 Å². The van der Waals surface area contributed by atoms with E-state index in [1.165, 1.54) is 13.2 Å². The van der Waals surface area contributed by atoms with E-state index < -0.39 is 17.2 Å². The molecule has 18 heavy (non-hydrogen) atoms. The molecule has 1 N–H and O–H groups in total. The van der Waals surface area contributed by atoms with Crippen LogP contribution in [0.4, 0.5) is 4.39 Å². The Bertz CT molecular complexity index is 509. The second-order valence-corrected chi connectivity index (χ2v) is 5.05. The van der Waals surface area contributed by atoms with E-state index in [2.05, 4.69) is 0 Å². The van der Waals surface area contributed by atoms with Gasteiger partial charge in [-0.2, -0.15) is 0 Å². The molecule has 0 atom stereocenters. The second kappa shape index (κ2) is 4.43. The quantitative estimate of drug-likeness (QED) is 0.918. The summed E-state index contributed by atoms with van der Waals surface area (Å²) < 4.78 is 19.4. The summed E-state index contributed by atoms with van der Waals surface area (Å²) in [4.78, 5) is 11.5. The molecular weight excluding hydrogens is 259 g/mol. The maximum absolute atomic E-state index is 14.2. The minimum absolute atomic E-state index is 0.0594. The van der Waals surface area contributed by atoms with Crippen molar-refractivity contribution in [3.8, 4) is 5.75 Å². The van der Waals surface area contributed by atoms with Crippen molar-refractivity contribution in [2.24, 2.45) is 0 Å². The number of benzene rings is 1. The molecule has 1 fully saturated rings. The molecule has 98 valence electrons. The third-order valence-corrected chi connectivity index (χ3v) is 3.93. The first-order valence-corrected chi connectivity index (χ1v) is 6.08. The van der Waals surface area contributed by atoms with Gasteiger partial charge in [-0.05, 0) is 31.4 Å². The van der Waals surface area contributed by atoms with Crippen molar-refractivity contribution < 1.29 is 19.0 Å². The van der Waals surface area contributed by atoms with Crippen LogP contribution in [0.2, 0.25) is 5.02 Å². The van der Waals surface area contributed by atoms with E-state index in [-0.39, 0.29) is 10.6 Å². The first-order chi connectivity index (χ1) is 8.44. The summed E-state index contributed by atoms with van der Waals surface area (Å²) in [7, 11) is 1.41. The van der Waals surface area contributed by atoms with Gasteiger partial charge in [0.25, 0.3) is 0 Å². The van der Waals surface area contributed by atoms with Gasteiger partial charge in [0.1, 0.15) is 11.6 Å². The highest BCUT2D eigenvalue weighted by Crippen LogP contribution is 2.50. The summed E-state index contributed by atoms with van der Waals surface area (Å²) in [6.07, 6.45) is 1.59. The van der Waals surface area contributed by atoms with Gasteiger partial charge in [-0.1, -0.05) is 18.0 Å². The lowest BCUT2D eigenvalue weighted by atomic mass is 9.63. The standard InChI is InChI=1S/C13H14ClFO3/c1-7-6-8(14)10(15)9(11(7)18-2)13(12(16)17)4-3-5-13/h6H,3-5H2,1-2H3,(H,16,17). The van der Waals surface area contributed by atoms with Gasteiger partial charge in [0.2, 0.25) is 0 Å². The largest absolute Gasteiger partial charge is 0.496 e. The highest BCUT2D eigenvalue weighted by Gasteiger charge is 2.50. The van der Waals surface area contributed by atoms with Gasteiger partial charge in [0, 0.05) is 5.56 Å². The molecule has 0 spiro atoms. The summed E-state index contributed by atoms with van der Waals surface area (Å²) in [6.45, 7) is 1.72. The molecule has 5 heteroatoms. The number of methoxy groups -OCH3 is 1. The van der Waals surface area contributed by atoms with Crippen LogP contribution >= 0.6 is 11.6 Å². The maximum atomic E-state index is 14.2. The lowest BCUT2D eigenvalue weighted by Gasteiger charge is -2.39. The zero-order valence-corrected chi connectivity index (χ0v) is 11.0. The fourth-order valence-electron chi connectivity index (χ4n) is 2.53. The Morgan fingerprint density at radius 1 is 1.56 bits per heavy atom. The van der Waals surface area contributed by atoms with Crippen LogP contribution in [0.3, 0.4) is 0 Å². The molecule has 0 amide bonds. The maximum Gasteiger partial charge on any atom is 0.314 e. The number of carbonyl (C=O) groups is 1. The van der Waals surface area contributed by atoms with Crippen LogP contribution < -0.4 is 4.74 Å². The predicted octanol–water partition coefficient (Wildman–Crippen LogP) is 3.30. The number of halogens is 2. The van der Waals surface area contributed by atoms with Gasteiger partial charge in [0.05, 0.1) is 17.5 Å². The number of ether oxygens (including phenoxy) is 1. The molecule has 2 rings (SSSR count). The number of rotatable bonds is 3. The third kappa shape index (κ3) is 1.67. The molecule has 3 nitrogen and oxygen atoms in total.